The molecule has 3 N–H and O–H groups in total. The number of carbonyl (C=O) groups excluding carboxylic acids is 1. The van der Waals surface area contributed by atoms with Gasteiger partial charge in [0.05, 0.1) is 32.3 Å². The highest BCUT2D eigenvalue weighted by molar-refractivity contribution is 9.10. The summed E-state index contributed by atoms with van der Waals surface area (Å²) in [6, 6.07) is 10.8. The molecule has 0 atom stereocenters. The van der Waals surface area contributed by atoms with Crippen molar-refractivity contribution in [1.82, 2.24) is 19.9 Å². The number of aromatic nitrogens is 3. The zero-order chi connectivity index (χ0) is 24.2. The molecule has 2 aromatic carbocycles. The molecular weight excluding hydrogens is 543 g/mol. The third-order valence-electron chi connectivity index (χ3n) is 4.82. The second-order valence-corrected chi connectivity index (χ2v) is 9.40. The number of aromatic amines is 1. The number of likely N-dealkylation sites (N-methyl/N-ethyl adjacent to an activating group) is 1. The molecule has 0 saturated carbocycles. The summed E-state index contributed by atoms with van der Waals surface area (Å²) >= 11 is 15.8. The van der Waals surface area contributed by atoms with Gasteiger partial charge in [0.25, 0.3) is 5.91 Å². The van der Waals surface area contributed by atoms with Gasteiger partial charge in [0.2, 0.25) is 5.95 Å². The average Bonchev–Trinajstić information content (AvgIpc) is 3.18. The number of carbonyl (C=O) groups is 1. The van der Waals surface area contributed by atoms with Gasteiger partial charge in [-0.3, -0.25) is 9.78 Å². The predicted octanol–water partition coefficient (Wildman–Crippen LogP) is 5.96. The van der Waals surface area contributed by atoms with Crippen molar-refractivity contribution in [3.63, 3.8) is 0 Å². The van der Waals surface area contributed by atoms with Crippen LogP contribution in [0.15, 0.2) is 53.3 Å². The molecule has 1 amide bonds. The molecule has 0 bridgehead atoms. The second kappa shape index (κ2) is 10.6. The zero-order valence-electron chi connectivity index (χ0n) is 18.3. The molecule has 0 saturated heterocycles. The van der Waals surface area contributed by atoms with Gasteiger partial charge in [-0.1, -0.05) is 39.1 Å². The summed E-state index contributed by atoms with van der Waals surface area (Å²) in [6.45, 7) is 1.10. The van der Waals surface area contributed by atoms with Crippen molar-refractivity contribution < 1.29 is 9.53 Å². The number of imidazole rings is 1. The van der Waals surface area contributed by atoms with E-state index in [1.807, 2.05) is 43.3 Å². The van der Waals surface area contributed by atoms with E-state index >= 15 is 0 Å². The van der Waals surface area contributed by atoms with Crippen LogP contribution in [-0.2, 0) is 0 Å². The number of hydrogen-bond donors (Lipinski definition) is 3. The molecule has 176 valence electrons. The van der Waals surface area contributed by atoms with Crippen molar-refractivity contribution in [1.29, 1.82) is 0 Å². The highest BCUT2D eigenvalue weighted by Gasteiger charge is 2.18. The van der Waals surface area contributed by atoms with Gasteiger partial charge in [0, 0.05) is 35.2 Å². The Hall–Kier alpha value is -2.85. The molecule has 0 radical (unpaired) electrons. The SMILES string of the molecule is CN(C)CCOc1cc2nc(Nc3c(Cl)cncc3Cl)[nH]c2cc1C(=O)Nc1ccc(Br)cc1. The summed E-state index contributed by atoms with van der Waals surface area (Å²) in [5, 5.41) is 6.70. The lowest BCUT2D eigenvalue weighted by molar-refractivity contribution is 0.102. The van der Waals surface area contributed by atoms with Gasteiger partial charge in [-0.05, 0) is 44.4 Å². The summed E-state index contributed by atoms with van der Waals surface area (Å²) in [5.41, 5.74) is 2.78. The maximum atomic E-state index is 13.1. The topological polar surface area (TPSA) is 95.2 Å². The fraction of sp³-hybridized carbons (Fsp3) is 0.174. The van der Waals surface area contributed by atoms with Gasteiger partial charge in [-0.2, -0.15) is 0 Å². The van der Waals surface area contributed by atoms with Crippen LogP contribution >= 0.6 is 39.1 Å². The summed E-state index contributed by atoms with van der Waals surface area (Å²) in [5.74, 6) is 0.546. The second-order valence-electron chi connectivity index (χ2n) is 7.67. The quantitative estimate of drug-likeness (QED) is 0.245. The van der Waals surface area contributed by atoms with E-state index in [2.05, 4.69) is 41.5 Å². The summed E-state index contributed by atoms with van der Waals surface area (Å²) < 4.78 is 6.89. The van der Waals surface area contributed by atoms with Crippen molar-refractivity contribution >= 4 is 73.4 Å². The van der Waals surface area contributed by atoms with Crippen LogP contribution < -0.4 is 15.4 Å². The van der Waals surface area contributed by atoms with E-state index in [-0.39, 0.29) is 5.91 Å². The van der Waals surface area contributed by atoms with E-state index in [1.165, 1.54) is 12.4 Å². The number of ether oxygens (including phenoxy) is 1. The van der Waals surface area contributed by atoms with Crippen LogP contribution in [0.25, 0.3) is 11.0 Å². The number of anilines is 3. The summed E-state index contributed by atoms with van der Waals surface area (Å²) in [7, 11) is 3.91. The maximum absolute atomic E-state index is 13.1. The monoisotopic (exact) mass is 562 g/mol. The zero-order valence-corrected chi connectivity index (χ0v) is 21.4. The van der Waals surface area contributed by atoms with E-state index in [4.69, 9.17) is 27.9 Å². The van der Waals surface area contributed by atoms with E-state index in [0.29, 0.717) is 62.9 Å². The number of H-pyrrole nitrogens is 1. The van der Waals surface area contributed by atoms with Crippen LogP contribution in [-0.4, -0.2) is 53.0 Å². The van der Waals surface area contributed by atoms with Crippen LogP contribution in [0.3, 0.4) is 0 Å². The molecule has 2 aromatic heterocycles. The van der Waals surface area contributed by atoms with E-state index < -0.39 is 0 Å². The Morgan fingerprint density at radius 3 is 2.53 bits per heavy atom. The normalized spacial score (nSPS) is 11.1. The Kier molecular flexibility index (Phi) is 7.57. The fourth-order valence-corrected chi connectivity index (χ4v) is 3.84. The standard InChI is InChI=1S/C23H21BrCl2N6O2/c1-32(2)7-8-34-20-10-19-18(9-15(20)22(33)28-14-5-3-13(24)4-6-14)29-23(30-19)31-21-16(25)11-27-12-17(21)26/h3-6,9-12H,7-8H2,1-2H3,(H,28,33)(H2,27,29,30,31). The van der Waals surface area contributed by atoms with Gasteiger partial charge >= 0.3 is 0 Å². The number of amides is 1. The molecule has 0 unspecified atom stereocenters. The summed E-state index contributed by atoms with van der Waals surface area (Å²) in [6.07, 6.45) is 2.97. The van der Waals surface area contributed by atoms with Gasteiger partial charge in [0.1, 0.15) is 12.4 Å². The van der Waals surface area contributed by atoms with Crippen LogP contribution in [0.4, 0.5) is 17.3 Å². The molecule has 4 aromatic rings. The molecule has 2 heterocycles. The summed E-state index contributed by atoms with van der Waals surface area (Å²) in [4.78, 5) is 26.8. The van der Waals surface area contributed by atoms with Crippen molar-refractivity contribution in [2.45, 2.75) is 0 Å². The van der Waals surface area contributed by atoms with E-state index in [0.717, 1.165) is 4.47 Å². The smallest absolute Gasteiger partial charge is 0.259 e. The lowest BCUT2D eigenvalue weighted by atomic mass is 10.1. The first-order valence-corrected chi connectivity index (χ1v) is 11.8. The molecule has 0 aliphatic rings. The average molecular weight is 564 g/mol. The number of benzene rings is 2. The Morgan fingerprint density at radius 2 is 1.85 bits per heavy atom. The van der Waals surface area contributed by atoms with Gasteiger partial charge in [0.15, 0.2) is 0 Å². The molecule has 0 fully saturated rings. The maximum Gasteiger partial charge on any atom is 0.259 e. The molecular formula is C23H21BrCl2N6O2. The number of rotatable bonds is 8. The van der Waals surface area contributed by atoms with Crippen LogP contribution in [0, 0.1) is 0 Å². The first kappa shape index (κ1) is 24.3. The minimum atomic E-state index is -0.298. The van der Waals surface area contributed by atoms with Crippen molar-refractivity contribution in [3.8, 4) is 5.75 Å². The van der Waals surface area contributed by atoms with Crippen molar-refractivity contribution in [2.75, 3.05) is 37.9 Å². The first-order chi connectivity index (χ1) is 16.3. The Bertz CT molecular complexity index is 1310. The minimum Gasteiger partial charge on any atom is -0.491 e. The molecule has 8 nitrogen and oxygen atoms in total. The molecule has 0 aliphatic carbocycles. The van der Waals surface area contributed by atoms with Crippen molar-refractivity contribution in [2.24, 2.45) is 0 Å². The minimum absolute atomic E-state index is 0.298. The Labute approximate surface area is 214 Å². The molecule has 0 aliphatic heterocycles. The highest BCUT2D eigenvalue weighted by Crippen LogP contribution is 2.32. The highest BCUT2D eigenvalue weighted by atomic mass is 79.9. The number of nitrogens with one attached hydrogen (secondary N) is 3. The number of nitrogens with zero attached hydrogens (tertiary/aromatic N) is 3. The molecule has 34 heavy (non-hydrogen) atoms. The van der Waals surface area contributed by atoms with Gasteiger partial charge < -0.3 is 25.3 Å². The van der Waals surface area contributed by atoms with Crippen LogP contribution in [0.2, 0.25) is 10.0 Å². The Balaban J connectivity index is 1.67. The third kappa shape index (κ3) is 5.79. The predicted molar refractivity (Wildman–Crippen MR) is 140 cm³/mol. The fourth-order valence-electron chi connectivity index (χ4n) is 3.11. The lowest BCUT2D eigenvalue weighted by Crippen LogP contribution is -2.20. The molecule has 0 spiro atoms. The number of halogens is 3. The number of pyridine rings is 1. The Morgan fingerprint density at radius 1 is 1.15 bits per heavy atom. The van der Waals surface area contributed by atoms with Gasteiger partial charge in [-0.15, -0.1) is 0 Å². The molecule has 4 rings (SSSR count). The lowest BCUT2D eigenvalue weighted by Gasteiger charge is -2.14. The van der Waals surface area contributed by atoms with E-state index in [9.17, 15) is 4.79 Å². The largest absolute Gasteiger partial charge is 0.491 e. The first-order valence-electron chi connectivity index (χ1n) is 10.2. The van der Waals surface area contributed by atoms with Crippen molar-refractivity contribution in [3.05, 3.63) is 68.9 Å². The van der Waals surface area contributed by atoms with Crippen LogP contribution in [0.1, 0.15) is 10.4 Å². The third-order valence-corrected chi connectivity index (χ3v) is 5.92. The van der Waals surface area contributed by atoms with E-state index in [1.54, 1.807) is 12.1 Å². The number of fused-ring (bicyclic) bond motifs is 1. The number of hydrogen-bond acceptors (Lipinski definition) is 6. The van der Waals surface area contributed by atoms with Crippen LogP contribution in [0.5, 0.6) is 5.75 Å². The molecule has 11 heteroatoms. The van der Waals surface area contributed by atoms with Gasteiger partial charge in [-0.25, -0.2) is 4.98 Å².